The van der Waals surface area contributed by atoms with Crippen LogP contribution in [-0.2, 0) is 20.1 Å². The molecule has 2 heterocycles. The van der Waals surface area contributed by atoms with E-state index in [4.69, 9.17) is 0 Å². The molecule has 1 aromatic carbocycles. The van der Waals surface area contributed by atoms with Crippen molar-refractivity contribution in [3.63, 3.8) is 0 Å². The van der Waals surface area contributed by atoms with Crippen molar-refractivity contribution in [3.8, 4) is 0 Å². The van der Waals surface area contributed by atoms with Crippen LogP contribution in [0.5, 0.6) is 0 Å². The first-order valence-electron chi connectivity index (χ1n) is 7.41. The number of nitrogens with one attached hydrogen (secondary N) is 1. The lowest BCUT2D eigenvalue weighted by molar-refractivity contribution is 0.590. The molecule has 0 aliphatic heterocycles. The Balaban J connectivity index is 1.89. The Morgan fingerprint density at radius 3 is 2.81 bits per heavy atom. The van der Waals surface area contributed by atoms with Crippen molar-refractivity contribution in [2.24, 2.45) is 7.05 Å². The van der Waals surface area contributed by atoms with Crippen LogP contribution in [0.4, 0.5) is 0 Å². The molecule has 4 heteroatoms. The van der Waals surface area contributed by atoms with E-state index in [0.717, 1.165) is 13.1 Å². The maximum absolute atomic E-state index is 4.24. The van der Waals surface area contributed by atoms with Gasteiger partial charge in [-0.3, -0.25) is 4.68 Å². The average molecular weight is 282 g/mol. The van der Waals surface area contributed by atoms with Gasteiger partial charge in [0.25, 0.3) is 0 Å². The van der Waals surface area contributed by atoms with Crippen LogP contribution in [0.1, 0.15) is 25.0 Å². The summed E-state index contributed by atoms with van der Waals surface area (Å²) in [5.74, 6) is 0. The van der Waals surface area contributed by atoms with E-state index in [9.17, 15) is 0 Å². The van der Waals surface area contributed by atoms with E-state index in [-0.39, 0.29) is 0 Å². The van der Waals surface area contributed by atoms with Gasteiger partial charge in [-0.1, -0.05) is 26.0 Å². The third-order valence-electron chi connectivity index (χ3n) is 3.72. The van der Waals surface area contributed by atoms with Gasteiger partial charge in [-0.05, 0) is 17.7 Å². The van der Waals surface area contributed by atoms with Crippen molar-refractivity contribution < 1.29 is 0 Å². The highest BCUT2D eigenvalue weighted by molar-refractivity contribution is 5.83. The summed E-state index contributed by atoms with van der Waals surface area (Å²) in [5, 5.41) is 9.06. The second kappa shape index (κ2) is 5.74. The van der Waals surface area contributed by atoms with Crippen molar-refractivity contribution in [1.82, 2.24) is 19.7 Å². The van der Waals surface area contributed by atoms with Crippen LogP contribution in [-0.4, -0.2) is 20.4 Å². The first-order chi connectivity index (χ1) is 10.1. The molecule has 0 aliphatic carbocycles. The van der Waals surface area contributed by atoms with Gasteiger partial charge in [0.1, 0.15) is 0 Å². The van der Waals surface area contributed by atoms with Crippen LogP contribution in [0.3, 0.4) is 0 Å². The van der Waals surface area contributed by atoms with Crippen LogP contribution in [0.15, 0.2) is 42.9 Å². The molecule has 21 heavy (non-hydrogen) atoms. The maximum Gasteiger partial charge on any atom is 0.0539 e. The minimum absolute atomic E-state index is 0.498. The fourth-order valence-corrected chi connectivity index (χ4v) is 2.64. The second-order valence-electron chi connectivity index (χ2n) is 5.85. The zero-order valence-electron chi connectivity index (χ0n) is 12.9. The van der Waals surface area contributed by atoms with Gasteiger partial charge in [0.15, 0.2) is 0 Å². The van der Waals surface area contributed by atoms with E-state index in [0.29, 0.717) is 6.04 Å². The summed E-state index contributed by atoms with van der Waals surface area (Å²) in [7, 11) is 1.95. The highest BCUT2D eigenvalue weighted by Gasteiger charge is 2.07. The van der Waals surface area contributed by atoms with Gasteiger partial charge < -0.3 is 9.88 Å². The first-order valence-corrected chi connectivity index (χ1v) is 7.41. The SMILES string of the molecule is CC(C)NCc1cccc2c1ccn2Cc1cnn(C)c1. The summed E-state index contributed by atoms with van der Waals surface area (Å²) in [6, 6.07) is 9.23. The lowest BCUT2D eigenvalue weighted by atomic mass is 10.1. The van der Waals surface area contributed by atoms with E-state index in [1.54, 1.807) is 0 Å². The van der Waals surface area contributed by atoms with Crippen LogP contribution < -0.4 is 5.32 Å². The molecule has 4 nitrogen and oxygen atoms in total. The molecular weight excluding hydrogens is 260 g/mol. The van der Waals surface area contributed by atoms with Gasteiger partial charge in [-0.25, -0.2) is 0 Å². The highest BCUT2D eigenvalue weighted by atomic mass is 15.2. The Hall–Kier alpha value is -2.07. The number of hydrogen-bond donors (Lipinski definition) is 1. The molecule has 0 aliphatic rings. The van der Waals surface area contributed by atoms with E-state index in [1.807, 2.05) is 17.9 Å². The lowest BCUT2D eigenvalue weighted by Crippen LogP contribution is -2.21. The Kier molecular flexibility index (Phi) is 3.80. The van der Waals surface area contributed by atoms with Crippen LogP contribution >= 0.6 is 0 Å². The molecule has 0 radical (unpaired) electrons. The smallest absolute Gasteiger partial charge is 0.0539 e. The standard InChI is InChI=1S/C17H22N4/c1-13(2)18-10-15-5-4-6-17-16(15)7-8-21(17)12-14-9-19-20(3)11-14/h4-9,11,13,18H,10,12H2,1-3H3. The Labute approximate surface area is 125 Å². The molecule has 2 aromatic heterocycles. The quantitative estimate of drug-likeness (QED) is 0.781. The summed E-state index contributed by atoms with van der Waals surface area (Å²) in [6.07, 6.45) is 6.16. The number of benzene rings is 1. The average Bonchev–Trinajstić information content (AvgIpc) is 3.04. The minimum Gasteiger partial charge on any atom is -0.343 e. The predicted molar refractivity (Wildman–Crippen MR) is 86.2 cm³/mol. The fourth-order valence-electron chi connectivity index (χ4n) is 2.64. The third kappa shape index (κ3) is 3.00. The van der Waals surface area contributed by atoms with Gasteiger partial charge in [0.2, 0.25) is 0 Å². The molecular formula is C17H22N4. The molecule has 0 fully saturated rings. The molecule has 1 N–H and O–H groups in total. The Bertz CT molecular complexity index is 736. The highest BCUT2D eigenvalue weighted by Crippen LogP contribution is 2.21. The number of nitrogens with zero attached hydrogens (tertiary/aromatic N) is 3. The van der Waals surface area contributed by atoms with Crippen LogP contribution in [0.2, 0.25) is 0 Å². The van der Waals surface area contributed by atoms with E-state index in [2.05, 4.69) is 65.5 Å². The number of rotatable bonds is 5. The summed E-state index contributed by atoms with van der Waals surface area (Å²) in [5.41, 5.74) is 3.86. The first kappa shape index (κ1) is 13.9. The summed E-state index contributed by atoms with van der Waals surface area (Å²) in [6.45, 7) is 6.12. The van der Waals surface area contributed by atoms with Gasteiger partial charge >= 0.3 is 0 Å². The van der Waals surface area contributed by atoms with Gasteiger partial charge in [0, 0.05) is 48.5 Å². The van der Waals surface area contributed by atoms with Crippen molar-refractivity contribution >= 4 is 10.9 Å². The molecule has 0 bridgehead atoms. The monoisotopic (exact) mass is 282 g/mol. The molecule has 0 saturated carbocycles. The van der Waals surface area contributed by atoms with Crippen molar-refractivity contribution in [2.75, 3.05) is 0 Å². The zero-order valence-corrected chi connectivity index (χ0v) is 12.9. The van der Waals surface area contributed by atoms with Gasteiger partial charge in [0.05, 0.1) is 12.7 Å². The second-order valence-corrected chi connectivity index (χ2v) is 5.85. The molecule has 110 valence electrons. The summed E-state index contributed by atoms with van der Waals surface area (Å²) in [4.78, 5) is 0. The van der Waals surface area contributed by atoms with E-state index >= 15 is 0 Å². The van der Waals surface area contributed by atoms with Gasteiger partial charge in [-0.15, -0.1) is 0 Å². The molecule has 3 aromatic rings. The maximum atomic E-state index is 4.24. The summed E-state index contributed by atoms with van der Waals surface area (Å²) >= 11 is 0. The van der Waals surface area contributed by atoms with E-state index in [1.165, 1.54) is 22.0 Å². The molecule has 3 rings (SSSR count). The number of fused-ring (bicyclic) bond motifs is 1. The molecule has 0 unspecified atom stereocenters. The fraction of sp³-hybridized carbons (Fsp3) is 0.353. The number of aromatic nitrogens is 3. The molecule has 0 amide bonds. The molecule has 0 spiro atoms. The van der Waals surface area contributed by atoms with Crippen molar-refractivity contribution in [2.45, 2.75) is 33.0 Å². The zero-order chi connectivity index (χ0) is 14.8. The number of hydrogen-bond acceptors (Lipinski definition) is 2. The Morgan fingerprint density at radius 2 is 2.10 bits per heavy atom. The van der Waals surface area contributed by atoms with Crippen LogP contribution in [0.25, 0.3) is 10.9 Å². The molecule has 0 atom stereocenters. The van der Waals surface area contributed by atoms with Crippen molar-refractivity contribution in [1.29, 1.82) is 0 Å². The Morgan fingerprint density at radius 1 is 1.24 bits per heavy atom. The third-order valence-corrected chi connectivity index (χ3v) is 3.72. The minimum atomic E-state index is 0.498. The largest absolute Gasteiger partial charge is 0.343 e. The topological polar surface area (TPSA) is 34.8 Å². The van der Waals surface area contributed by atoms with Crippen molar-refractivity contribution in [3.05, 3.63) is 54.0 Å². The predicted octanol–water partition coefficient (Wildman–Crippen LogP) is 2.92. The van der Waals surface area contributed by atoms with Gasteiger partial charge in [-0.2, -0.15) is 5.10 Å². The molecule has 0 saturated heterocycles. The summed E-state index contributed by atoms with van der Waals surface area (Å²) < 4.78 is 4.13. The number of aryl methyl sites for hydroxylation is 1. The lowest BCUT2D eigenvalue weighted by Gasteiger charge is -2.10. The normalized spacial score (nSPS) is 11.6. The van der Waals surface area contributed by atoms with Crippen LogP contribution in [0, 0.1) is 0 Å². The van der Waals surface area contributed by atoms with E-state index < -0.39 is 0 Å².